The van der Waals surface area contributed by atoms with Crippen LogP contribution in [0.1, 0.15) is 27.7 Å². The lowest BCUT2D eigenvalue weighted by atomic mass is 10.2. The van der Waals surface area contributed by atoms with Crippen molar-refractivity contribution < 1.29 is 9.84 Å². The van der Waals surface area contributed by atoms with Gasteiger partial charge in [0, 0.05) is 0 Å². The minimum atomic E-state index is -0.666. The van der Waals surface area contributed by atoms with Crippen molar-refractivity contribution in [3.8, 4) is 47.4 Å². The van der Waals surface area contributed by atoms with E-state index in [0.717, 1.165) is 0 Å². The van der Waals surface area contributed by atoms with Gasteiger partial charge >= 0.3 is 0 Å². The number of aliphatic hydroxyl groups excluding tert-OH is 1. The first-order valence-corrected chi connectivity index (χ1v) is 5.86. The van der Waals surface area contributed by atoms with Crippen molar-refractivity contribution in [3.63, 3.8) is 0 Å². The monoisotopic (exact) mass is 254 g/mol. The molecule has 2 heteroatoms. The van der Waals surface area contributed by atoms with Crippen LogP contribution in [0.2, 0.25) is 0 Å². The van der Waals surface area contributed by atoms with E-state index in [1.165, 1.54) is 0 Å². The minimum Gasteiger partial charge on any atom is -0.387 e. The number of allylic oxidation sites excluding steroid dienone is 1. The summed E-state index contributed by atoms with van der Waals surface area (Å²) >= 11 is 0. The van der Waals surface area contributed by atoms with Crippen LogP contribution in [-0.4, -0.2) is 23.4 Å². The Morgan fingerprint density at radius 3 is 2.21 bits per heavy atom. The Labute approximate surface area is 116 Å². The third kappa shape index (κ3) is 13.8. The first-order chi connectivity index (χ1) is 8.95. The maximum atomic E-state index is 9.56. The summed E-state index contributed by atoms with van der Waals surface area (Å²) in [6.45, 7) is 7.75. The smallest absolute Gasteiger partial charge is 0.0963 e. The second-order valence-corrected chi connectivity index (χ2v) is 4.49. The molecule has 0 amide bonds. The Morgan fingerprint density at radius 1 is 1.05 bits per heavy atom. The molecule has 0 saturated heterocycles. The van der Waals surface area contributed by atoms with E-state index in [9.17, 15) is 5.11 Å². The molecule has 0 spiro atoms. The molecule has 0 aliphatic carbocycles. The van der Waals surface area contributed by atoms with Crippen LogP contribution >= 0.6 is 0 Å². The van der Waals surface area contributed by atoms with Gasteiger partial charge in [-0.05, 0) is 75.4 Å². The topological polar surface area (TPSA) is 29.5 Å². The molecule has 1 atom stereocenters. The molecular weight excluding hydrogens is 236 g/mol. The second kappa shape index (κ2) is 9.88. The van der Waals surface area contributed by atoms with Gasteiger partial charge in [-0.25, -0.2) is 0 Å². The Balaban J connectivity index is 4.09. The molecule has 0 radical (unpaired) electrons. The van der Waals surface area contributed by atoms with Crippen LogP contribution in [0, 0.1) is 47.4 Å². The van der Waals surface area contributed by atoms with Crippen LogP contribution in [0.4, 0.5) is 0 Å². The molecule has 98 valence electrons. The fourth-order valence-corrected chi connectivity index (χ4v) is 0.815. The molecule has 1 N–H and O–H groups in total. The van der Waals surface area contributed by atoms with Crippen molar-refractivity contribution in [1.29, 1.82) is 0 Å². The molecule has 0 fully saturated rings. The van der Waals surface area contributed by atoms with Gasteiger partial charge in [0.1, 0.15) is 0 Å². The summed E-state index contributed by atoms with van der Waals surface area (Å²) in [5.74, 6) is 20.7. The first kappa shape index (κ1) is 16.9. The third-order valence-electron chi connectivity index (χ3n) is 1.60. The van der Waals surface area contributed by atoms with Gasteiger partial charge in [-0.1, -0.05) is 11.8 Å². The SMILES string of the molecule is CC#CC#CC#CC#CC=CC(O)COC(C)(C)C. The average molecular weight is 254 g/mol. The third-order valence-corrected chi connectivity index (χ3v) is 1.60. The fourth-order valence-electron chi connectivity index (χ4n) is 0.815. The molecule has 0 rings (SSSR count). The number of hydrogen-bond acceptors (Lipinski definition) is 2. The predicted molar refractivity (Wildman–Crippen MR) is 77.6 cm³/mol. The molecule has 0 aliphatic heterocycles. The van der Waals surface area contributed by atoms with Crippen molar-refractivity contribution >= 4 is 0 Å². The highest BCUT2D eigenvalue weighted by molar-refractivity contribution is 5.40. The lowest BCUT2D eigenvalue weighted by Gasteiger charge is -2.20. The summed E-state index contributed by atoms with van der Waals surface area (Å²) in [4.78, 5) is 0. The maximum absolute atomic E-state index is 9.56. The van der Waals surface area contributed by atoms with E-state index in [4.69, 9.17) is 4.74 Å². The van der Waals surface area contributed by atoms with Crippen LogP contribution in [0.15, 0.2) is 12.2 Å². The van der Waals surface area contributed by atoms with E-state index in [-0.39, 0.29) is 12.2 Å². The lowest BCUT2D eigenvalue weighted by Crippen LogP contribution is -2.25. The van der Waals surface area contributed by atoms with E-state index in [0.29, 0.717) is 0 Å². The summed E-state index contributed by atoms with van der Waals surface area (Å²) in [5.41, 5.74) is -0.258. The van der Waals surface area contributed by atoms with Crippen LogP contribution in [0.25, 0.3) is 0 Å². The van der Waals surface area contributed by atoms with Gasteiger partial charge in [-0.3, -0.25) is 0 Å². The highest BCUT2D eigenvalue weighted by Crippen LogP contribution is 2.07. The minimum absolute atomic E-state index is 0.245. The lowest BCUT2D eigenvalue weighted by molar-refractivity contribution is -0.0367. The van der Waals surface area contributed by atoms with Crippen LogP contribution in [0.3, 0.4) is 0 Å². The Morgan fingerprint density at radius 2 is 1.63 bits per heavy atom. The summed E-state index contributed by atoms with van der Waals surface area (Å²) in [6.07, 6.45) is 2.44. The molecule has 0 aliphatic rings. The number of rotatable bonds is 3. The van der Waals surface area contributed by atoms with E-state index in [2.05, 4.69) is 47.4 Å². The van der Waals surface area contributed by atoms with Gasteiger partial charge < -0.3 is 9.84 Å². The second-order valence-electron chi connectivity index (χ2n) is 4.49. The largest absolute Gasteiger partial charge is 0.387 e. The molecule has 0 heterocycles. The highest BCUT2D eigenvalue weighted by atomic mass is 16.5. The van der Waals surface area contributed by atoms with Gasteiger partial charge in [-0.15, -0.1) is 0 Å². The first-order valence-electron chi connectivity index (χ1n) is 5.86. The van der Waals surface area contributed by atoms with Gasteiger partial charge in [-0.2, -0.15) is 0 Å². The van der Waals surface area contributed by atoms with Crippen molar-refractivity contribution in [2.75, 3.05) is 6.61 Å². The fraction of sp³-hybridized carbons (Fsp3) is 0.412. The molecule has 0 aromatic rings. The van der Waals surface area contributed by atoms with Crippen LogP contribution < -0.4 is 0 Å². The Kier molecular flexibility index (Phi) is 8.79. The molecule has 19 heavy (non-hydrogen) atoms. The summed E-state index contributed by atoms with van der Waals surface area (Å²) < 4.78 is 5.42. The van der Waals surface area contributed by atoms with Gasteiger partial charge in [0.05, 0.1) is 18.3 Å². The van der Waals surface area contributed by atoms with Crippen molar-refractivity contribution in [3.05, 3.63) is 12.2 Å². The number of hydrogen-bond donors (Lipinski definition) is 1. The molecule has 0 aromatic heterocycles. The molecule has 0 saturated carbocycles. The Hall–Kier alpha value is -2.10. The molecular formula is C17H18O2. The number of ether oxygens (including phenoxy) is 1. The average Bonchev–Trinajstić information content (AvgIpc) is 2.33. The predicted octanol–water partition coefficient (Wildman–Crippen LogP) is 1.75. The van der Waals surface area contributed by atoms with Crippen molar-refractivity contribution in [1.82, 2.24) is 0 Å². The molecule has 1 unspecified atom stereocenters. The van der Waals surface area contributed by atoms with E-state index in [1.807, 2.05) is 20.8 Å². The highest BCUT2D eigenvalue weighted by Gasteiger charge is 2.11. The molecule has 0 bridgehead atoms. The van der Waals surface area contributed by atoms with Gasteiger partial charge in [0.2, 0.25) is 0 Å². The normalized spacial score (nSPS) is 10.8. The zero-order valence-electron chi connectivity index (χ0n) is 11.8. The molecule has 2 nitrogen and oxygen atoms in total. The van der Waals surface area contributed by atoms with Crippen LogP contribution in [0.5, 0.6) is 0 Å². The maximum Gasteiger partial charge on any atom is 0.0963 e. The van der Waals surface area contributed by atoms with Crippen LogP contribution in [-0.2, 0) is 4.74 Å². The van der Waals surface area contributed by atoms with Gasteiger partial charge in [0.15, 0.2) is 0 Å². The van der Waals surface area contributed by atoms with E-state index in [1.54, 1.807) is 19.1 Å². The summed E-state index contributed by atoms with van der Waals surface area (Å²) in [7, 11) is 0. The van der Waals surface area contributed by atoms with Gasteiger partial charge in [0.25, 0.3) is 0 Å². The zero-order chi connectivity index (χ0) is 14.6. The van der Waals surface area contributed by atoms with E-state index < -0.39 is 6.10 Å². The molecule has 0 aromatic carbocycles. The summed E-state index contributed by atoms with van der Waals surface area (Å²) in [6, 6.07) is 0. The Bertz CT molecular complexity index is 532. The summed E-state index contributed by atoms with van der Waals surface area (Å²) in [5, 5.41) is 9.56. The van der Waals surface area contributed by atoms with Crippen molar-refractivity contribution in [2.45, 2.75) is 39.4 Å². The standard InChI is InChI=1S/C17H18O2/c1-5-6-7-8-9-10-11-12-13-14-16(18)15-19-17(2,3)4/h13-14,16,18H,15H2,1-4H3. The zero-order valence-corrected chi connectivity index (χ0v) is 11.8. The quantitative estimate of drug-likeness (QED) is 0.778. The van der Waals surface area contributed by atoms with Crippen molar-refractivity contribution in [2.24, 2.45) is 0 Å². The van der Waals surface area contributed by atoms with E-state index >= 15 is 0 Å². The number of aliphatic hydroxyl groups is 1.